The number of aryl methyl sites for hydroxylation is 1. The molecule has 6 nitrogen and oxygen atoms in total. The van der Waals surface area contributed by atoms with Gasteiger partial charge >= 0.3 is 12.1 Å². The molecule has 0 saturated heterocycles. The lowest BCUT2D eigenvalue weighted by atomic mass is 10.1. The molecule has 0 fully saturated rings. The first kappa shape index (κ1) is 22.2. The molecule has 0 aliphatic carbocycles. The highest BCUT2D eigenvalue weighted by atomic mass is 19.4. The highest BCUT2D eigenvalue weighted by Crippen LogP contribution is 2.31. The van der Waals surface area contributed by atoms with Gasteiger partial charge in [0, 0.05) is 16.6 Å². The van der Waals surface area contributed by atoms with Gasteiger partial charge in [-0.2, -0.15) is 13.2 Å². The zero-order chi connectivity index (χ0) is 22.8. The van der Waals surface area contributed by atoms with Crippen molar-refractivity contribution in [1.82, 2.24) is 0 Å². The molecule has 3 aromatic rings. The zero-order valence-electron chi connectivity index (χ0n) is 17.0. The Hall–Kier alpha value is -3.49. The van der Waals surface area contributed by atoms with Gasteiger partial charge in [0.05, 0.1) is 12.2 Å². The summed E-state index contributed by atoms with van der Waals surface area (Å²) in [4.78, 5) is 24.8. The summed E-state index contributed by atoms with van der Waals surface area (Å²) < 4.78 is 54.6. The number of rotatable bonds is 6. The largest absolute Gasteiger partial charge is 0.494 e. The minimum Gasteiger partial charge on any atom is -0.494 e. The Kier molecular flexibility index (Phi) is 6.24. The van der Waals surface area contributed by atoms with Gasteiger partial charge in [0.1, 0.15) is 11.3 Å². The number of amides is 1. The van der Waals surface area contributed by atoms with Crippen LogP contribution in [0.2, 0.25) is 0 Å². The number of ether oxygens (including phenoxy) is 2. The Morgan fingerprint density at radius 2 is 1.90 bits per heavy atom. The molecule has 0 spiro atoms. The van der Waals surface area contributed by atoms with Crippen molar-refractivity contribution in [3.8, 4) is 5.75 Å². The van der Waals surface area contributed by atoms with Crippen molar-refractivity contribution in [2.45, 2.75) is 33.1 Å². The first-order valence-corrected chi connectivity index (χ1v) is 9.45. The van der Waals surface area contributed by atoms with Crippen LogP contribution >= 0.6 is 0 Å². The average molecular weight is 435 g/mol. The van der Waals surface area contributed by atoms with Gasteiger partial charge in [0.25, 0.3) is 5.91 Å². The van der Waals surface area contributed by atoms with Crippen LogP contribution in [0.5, 0.6) is 5.75 Å². The van der Waals surface area contributed by atoms with Gasteiger partial charge in [-0.05, 0) is 57.2 Å². The minimum atomic E-state index is -4.54. The third-order valence-corrected chi connectivity index (χ3v) is 4.51. The number of hydrogen-bond donors (Lipinski definition) is 1. The minimum absolute atomic E-state index is 0.0638. The lowest BCUT2D eigenvalue weighted by Crippen LogP contribution is -2.30. The number of carbonyl (C=O) groups is 2. The Morgan fingerprint density at radius 3 is 2.58 bits per heavy atom. The van der Waals surface area contributed by atoms with E-state index >= 15 is 0 Å². The third-order valence-electron chi connectivity index (χ3n) is 4.51. The average Bonchev–Trinajstić information content (AvgIpc) is 3.04. The summed E-state index contributed by atoms with van der Waals surface area (Å²) in [6.07, 6.45) is -5.81. The molecule has 1 unspecified atom stereocenters. The number of furan rings is 1. The maximum Gasteiger partial charge on any atom is 0.416 e. The zero-order valence-corrected chi connectivity index (χ0v) is 17.0. The molecule has 3 rings (SSSR count). The van der Waals surface area contributed by atoms with E-state index in [0.29, 0.717) is 28.9 Å². The van der Waals surface area contributed by atoms with Gasteiger partial charge in [-0.1, -0.05) is 6.07 Å². The summed E-state index contributed by atoms with van der Waals surface area (Å²) in [5.74, 6) is -1.09. The molecule has 0 radical (unpaired) electrons. The second-order valence-corrected chi connectivity index (χ2v) is 6.76. The van der Waals surface area contributed by atoms with E-state index in [9.17, 15) is 22.8 Å². The molecule has 0 aliphatic rings. The standard InChI is InChI=1S/C22H20F3NO5/c1-4-29-16-8-9-18-17(11-16)12(2)19(31-18)21(28)30-13(3)20(27)26-15-7-5-6-14(10-15)22(23,24)25/h5-11,13H,4H2,1-3H3,(H,26,27). The van der Waals surface area contributed by atoms with Crippen molar-refractivity contribution in [3.63, 3.8) is 0 Å². The molecule has 0 bridgehead atoms. The SMILES string of the molecule is CCOc1ccc2oc(C(=O)OC(C)C(=O)Nc3cccc(C(F)(F)F)c3)c(C)c2c1. The van der Waals surface area contributed by atoms with Crippen LogP contribution < -0.4 is 10.1 Å². The maximum atomic E-state index is 12.8. The summed E-state index contributed by atoms with van der Waals surface area (Å²) in [5.41, 5.74) is 0.00591. The molecule has 31 heavy (non-hydrogen) atoms. The number of anilines is 1. The second-order valence-electron chi connectivity index (χ2n) is 6.76. The maximum absolute atomic E-state index is 12.8. The number of esters is 1. The lowest BCUT2D eigenvalue weighted by Gasteiger charge is -2.14. The van der Waals surface area contributed by atoms with Crippen LogP contribution in [-0.4, -0.2) is 24.6 Å². The van der Waals surface area contributed by atoms with Gasteiger partial charge < -0.3 is 19.2 Å². The van der Waals surface area contributed by atoms with E-state index in [2.05, 4.69) is 5.32 Å². The number of carbonyl (C=O) groups excluding carboxylic acids is 2. The number of halogens is 3. The Balaban J connectivity index is 1.71. The van der Waals surface area contributed by atoms with Crippen molar-refractivity contribution in [2.24, 2.45) is 0 Å². The summed E-state index contributed by atoms with van der Waals surface area (Å²) >= 11 is 0. The predicted molar refractivity (Wildman–Crippen MR) is 107 cm³/mol. The first-order valence-electron chi connectivity index (χ1n) is 9.45. The Labute approximate surface area is 175 Å². The van der Waals surface area contributed by atoms with E-state index < -0.39 is 29.7 Å². The van der Waals surface area contributed by atoms with Crippen molar-refractivity contribution in [2.75, 3.05) is 11.9 Å². The summed E-state index contributed by atoms with van der Waals surface area (Å²) in [5, 5.41) is 2.98. The van der Waals surface area contributed by atoms with Crippen molar-refractivity contribution >= 4 is 28.5 Å². The Morgan fingerprint density at radius 1 is 1.16 bits per heavy atom. The number of hydrogen-bond acceptors (Lipinski definition) is 5. The van der Waals surface area contributed by atoms with E-state index in [1.54, 1.807) is 25.1 Å². The lowest BCUT2D eigenvalue weighted by molar-refractivity contribution is -0.137. The quantitative estimate of drug-likeness (QED) is 0.529. The molecular weight excluding hydrogens is 415 g/mol. The fraction of sp³-hybridized carbons (Fsp3) is 0.273. The molecule has 9 heteroatoms. The van der Waals surface area contributed by atoms with Crippen molar-refractivity contribution in [3.05, 3.63) is 59.4 Å². The predicted octanol–water partition coefficient (Wildman–Crippen LogP) is 5.34. The molecule has 1 atom stereocenters. The molecule has 0 saturated carbocycles. The number of alkyl halides is 3. The normalized spacial score (nSPS) is 12.5. The fourth-order valence-electron chi connectivity index (χ4n) is 2.94. The number of nitrogens with one attached hydrogen (secondary N) is 1. The summed E-state index contributed by atoms with van der Waals surface area (Å²) in [7, 11) is 0. The monoisotopic (exact) mass is 435 g/mol. The topological polar surface area (TPSA) is 77.8 Å². The van der Waals surface area contributed by atoms with Crippen LogP contribution in [-0.2, 0) is 15.7 Å². The second kappa shape index (κ2) is 8.71. The molecular formula is C22H20F3NO5. The van der Waals surface area contributed by atoms with Gasteiger partial charge in [0.15, 0.2) is 6.10 Å². The highest BCUT2D eigenvalue weighted by Gasteiger charge is 2.31. The van der Waals surface area contributed by atoms with Gasteiger partial charge in [0.2, 0.25) is 5.76 Å². The Bertz CT molecular complexity index is 1120. The van der Waals surface area contributed by atoms with Crippen LogP contribution in [0.15, 0.2) is 46.9 Å². The van der Waals surface area contributed by atoms with Crippen LogP contribution in [0.1, 0.15) is 35.5 Å². The van der Waals surface area contributed by atoms with Gasteiger partial charge in [-0.3, -0.25) is 4.79 Å². The van der Waals surface area contributed by atoms with E-state index in [-0.39, 0.29) is 11.4 Å². The van der Waals surface area contributed by atoms with E-state index in [1.807, 2.05) is 6.92 Å². The highest BCUT2D eigenvalue weighted by molar-refractivity contribution is 5.99. The van der Waals surface area contributed by atoms with Crippen LogP contribution in [0.4, 0.5) is 18.9 Å². The van der Waals surface area contributed by atoms with E-state index in [4.69, 9.17) is 13.9 Å². The molecule has 2 aromatic carbocycles. The smallest absolute Gasteiger partial charge is 0.416 e. The van der Waals surface area contributed by atoms with Crippen molar-refractivity contribution < 1.29 is 36.7 Å². The van der Waals surface area contributed by atoms with Gasteiger partial charge in [-0.15, -0.1) is 0 Å². The molecule has 1 aromatic heterocycles. The third kappa shape index (κ3) is 4.99. The van der Waals surface area contributed by atoms with Crippen LogP contribution in [0.3, 0.4) is 0 Å². The number of fused-ring (bicyclic) bond motifs is 1. The van der Waals surface area contributed by atoms with Crippen LogP contribution in [0.25, 0.3) is 11.0 Å². The number of benzene rings is 2. The summed E-state index contributed by atoms with van der Waals surface area (Å²) in [6, 6.07) is 9.26. The van der Waals surface area contributed by atoms with Crippen LogP contribution in [0, 0.1) is 6.92 Å². The van der Waals surface area contributed by atoms with E-state index in [0.717, 1.165) is 12.1 Å². The molecule has 1 amide bonds. The summed E-state index contributed by atoms with van der Waals surface area (Å²) in [6.45, 7) is 5.31. The van der Waals surface area contributed by atoms with Gasteiger partial charge in [-0.25, -0.2) is 4.79 Å². The molecule has 1 N–H and O–H groups in total. The fourth-order valence-corrected chi connectivity index (χ4v) is 2.94. The molecule has 1 heterocycles. The molecule has 0 aliphatic heterocycles. The first-order chi connectivity index (χ1) is 14.6. The molecule has 164 valence electrons. The van der Waals surface area contributed by atoms with Crippen molar-refractivity contribution in [1.29, 1.82) is 0 Å². The van der Waals surface area contributed by atoms with E-state index in [1.165, 1.54) is 19.1 Å².